The van der Waals surface area contributed by atoms with E-state index in [-0.39, 0.29) is 10.6 Å². The Labute approximate surface area is 227 Å². The van der Waals surface area contributed by atoms with E-state index in [4.69, 9.17) is 9.47 Å². The maximum atomic E-state index is 13.0. The lowest BCUT2D eigenvalue weighted by Crippen LogP contribution is -2.51. The Morgan fingerprint density at radius 1 is 1.03 bits per heavy atom. The number of pyridine rings is 2. The van der Waals surface area contributed by atoms with Crippen molar-refractivity contribution in [2.24, 2.45) is 0 Å². The lowest BCUT2D eigenvalue weighted by atomic mass is 10.2. The molecular formula is C27H34N4O7S. The van der Waals surface area contributed by atoms with Gasteiger partial charge in [-0.2, -0.15) is 4.72 Å². The van der Waals surface area contributed by atoms with Crippen LogP contribution in [-0.4, -0.2) is 49.6 Å². The molecule has 0 radical (unpaired) electrons. The highest BCUT2D eigenvalue weighted by molar-refractivity contribution is 7.89. The van der Waals surface area contributed by atoms with Gasteiger partial charge in [0.05, 0.1) is 17.7 Å². The number of amides is 2. The molecule has 2 aromatic heterocycles. The van der Waals surface area contributed by atoms with Gasteiger partial charge in [0.2, 0.25) is 10.0 Å². The van der Waals surface area contributed by atoms with Crippen molar-refractivity contribution in [3.8, 4) is 5.75 Å². The summed E-state index contributed by atoms with van der Waals surface area (Å²) in [6, 6.07) is 11.9. The molecule has 2 amide bonds. The number of carbonyl (C=O) groups excluding carboxylic acids is 2. The minimum absolute atomic E-state index is 0.0191. The molecule has 0 spiro atoms. The van der Waals surface area contributed by atoms with Gasteiger partial charge in [-0.15, -0.1) is 0 Å². The molecule has 0 fully saturated rings. The van der Waals surface area contributed by atoms with Crippen molar-refractivity contribution in [1.29, 1.82) is 0 Å². The normalized spacial score (nSPS) is 12.5. The first-order valence-corrected chi connectivity index (χ1v) is 14.0. The second-order valence-electron chi connectivity index (χ2n) is 9.77. The molecule has 0 aliphatic rings. The molecule has 0 saturated heterocycles. The SMILES string of the molecule is CCCCOc1ccc2ccc(NC(=O)NC[C@H](NS(=O)(=O)c3ccccc3)C(=O)OC(C)(C)C)c(=O)n2c1. The summed E-state index contributed by atoms with van der Waals surface area (Å²) in [5.74, 6) is -0.353. The van der Waals surface area contributed by atoms with Crippen molar-refractivity contribution in [3.05, 3.63) is 71.1 Å². The van der Waals surface area contributed by atoms with E-state index in [1.165, 1.54) is 22.6 Å². The molecule has 0 bridgehead atoms. The number of hydrogen-bond donors (Lipinski definition) is 3. The van der Waals surface area contributed by atoms with Crippen LogP contribution in [0.5, 0.6) is 5.75 Å². The third kappa shape index (κ3) is 8.55. The molecule has 1 aromatic carbocycles. The number of hydrogen-bond acceptors (Lipinski definition) is 7. The van der Waals surface area contributed by atoms with E-state index in [2.05, 4.69) is 15.4 Å². The van der Waals surface area contributed by atoms with Crippen LogP contribution in [-0.2, 0) is 19.6 Å². The summed E-state index contributed by atoms with van der Waals surface area (Å²) in [6.07, 6.45) is 3.40. The number of aromatic nitrogens is 1. The zero-order chi connectivity index (χ0) is 28.6. The Bertz CT molecular complexity index is 1460. The Morgan fingerprint density at radius 3 is 2.38 bits per heavy atom. The summed E-state index contributed by atoms with van der Waals surface area (Å²) in [7, 11) is -4.10. The molecule has 11 nitrogen and oxygen atoms in total. The van der Waals surface area contributed by atoms with Crippen LogP contribution in [0.2, 0.25) is 0 Å². The second kappa shape index (κ2) is 12.8. The van der Waals surface area contributed by atoms with E-state index in [0.717, 1.165) is 12.8 Å². The van der Waals surface area contributed by atoms with Crippen molar-refractivity contribution in [1.82, 2.24) is 14.4 Å². The monoisotopic (exact) mass is 558 g/mol. The zero-order valence-corrected chi connectivity index (χ0v) is 23.2. The number of fused-ring (bicyclic) bond motifs is 1. The molecule has 210 valence electrons. The molecule has 0 aliphatic carbocycles. The van der Waals surface area contributed by atoms with E-state index in [1.54, 1.807) is 63.4 Å². The Morgan fingerprint density at radius 2 is 1.72 bits per heavy atom. The highest BCUT2D eigenvalue weighted by Crippen LogP contribution is 2.15. The van der Waals surface area contributed by atoms with Crippen LogP contribution in [0.3, 0.4) is 0 Å². The first-order valence-electron chi connectivity index (χ1n) is 12.5. The summed E-state index contributed by atoms with van der Waals surface area (Å²) >= 11 is 0. The number of rotatable bonds is 11. The quantitative estimate of drug-likeness (QED) is 0.242. The molecule has 3 rings (SSSR count). The minimum atomic E-state index is -4.10. The van der Waals surface area contributed by atoms with Gasteiger partial charge in [-0.05, 0) is 63.6 Å². The van der Waals surface area contributed by atoms with Crippen LogP contribution < -0.4 is 25.7 Å². The fourth-order valence-electron chi connectivity index (χ4n) is 3.45. The standard InChI is InChI=1S/C27H34N4O7S/c1-5-6-16-37-20-14-12-19-13-15-22(24(32)31(19)18-20)29-26(34)28-17-23(25(33)38-27(2,3)4)30-39(35,36)21-10-8-7-9-11-21/h7-15,18,23,30H,5-6,16-17H2,1-4H3,(H2,28,29,34)/t23-/m0/s1. The number of nitrogens with zero attached hydrogens (tertiary/aromatic N) is 1. The fourth-order valence-corrected chi connectivity index (χ4v) is 4.66. The van der Waals surface area contributed by atoms with Crippen LogP contribution >= 0.6 is 0 Å². The second-order valence-corrected chi connectivity index (χ2v) is 11.5. The van der Waals surface area contributed by atoms with Crippen LogP contribution in [0, 0.1) is 0 Å². The van der Waals surface area contributed by atoms with Gasteiger partial charge in [-0.25, -0.2) is 13.2 Å². The number of esters is 1. The minimum Gasteiger partial charge on any atom is -0.492 e. The predicted molar refractivity (Wildman–Crippen MR) is 147 cm³/mol. The van der Waals surface area contributed by atoms with Gasteiger partial charge in [0, 0.05) is 12.1 Å². The van der Waals surface area contributed by atoms with Crippen molar-refractivity contribution < 1.29 is 27.5 Å². The highest BCUT2D eigenvalue weighted by atomic mass is 32.2. The van der Waals surface area contributed by atoms with Crippen molar-refractivity contribution in [2.45, 2.75) is 57.1 Å². The number of sulfonamides is 1. The molecule has 0 saturated carbocycles. The van der Waals surface area contributed by atoms with Crippen molar-refractivity contribution in [2.75, 3.05) is 18.5 Å². The van der Waals surface area contributed by atoms with Gasteiger partial charge in [-0.1, -0.05) is 31.5 Å². The summed E-state index contributed by atoms with van der Waals surface area (Å²) < 4.78 is 40.3. The third-order valence-electron chi connectivity index (χ3n) is 5.35. The fraction of sp³-hybridized carbons (Fsp3) is 0.370. The van der Waals surface area contributed by atoms with Gasteiger partial charge in [0.1, 0.15) is 23.1 Å². The number of benzene rings is 1. The molecule has 2 heterocycles. The third-order valence-corrected chi connectivity index (χ3v) is 6.83. The zero-order valence-electron chi connectivity index (χ0n) is 22.4. The van der Waals surface area contributed by atoms with Crippen molar-refractivity contribution in [3.63, 3.8) is 0 Å². The smallest absolute Gasteiger partial charge is 0.326 e. The molecule has 0 aliphatic heterocycles. The van der Waals surface area contributed by atoms with Gasteiger partial charge >= 0.3 is 12.0 Å². The number of unbranched alkanes of at least 4 members (excludes halogenated alkanes) is 1. The maximum absolute atomic E-state index is 13.0. The topological polar surface area (TPSA) is 144 Å². The Balaban J connectivity index is 1.74. The van der Waals surface area contributed by atoms with Crippen molar-refractivity contribution >= 4 is 33.2 Å². The average molecular weight is 559 g/mol. The largest absolute Gasteiger partial charge is 0.492 e. The predicted octanol–water partition coefficient (Wildman–Crippen LogP) is 3.29. The van der Waals surface area contributed by atoms with E-state index < -0.39 is 45.8 Å². The summed E-state index contributed by atoms with van der Waals surface area (Å²) in [6.45, 7) is 7.05. The highest BCUT2D eigenvalue weighted by Gasteiger charge is 2.30. The first kappa shape index (κ1) is 29.7. The summed E-state index contributed by atoms with van der Waals surface area (Å²) in [5, 5.41) is 4.90. The van der Waals surface area contributed by atoms with E-state index in [9.17, 15) is 22.8 Å². The molecule has 39 heavy (non-hydrogen) atoms. The van der Waals surface area contributed by atoms with Crippen LogP contribution in [0.4, 0.5) is 10.5 Å². The van der Waals surface area contributed by atoms with E-state index in [1.807, 2.05) is 6.92 Å². The van der Waals surface area contributed by atoms with Crippen LogP contribution in [0.15, 0.2) is 70.5 Å². The van der Waals surface area contributed by atoms with Gasteiger partial charge in [0.15, 0.2) is 0 Å². The van der Waals surface area contributed by atoms with Crippen LogP contribution in [0.25, 0.3) is 5.52 Å². The lowest BCUT2D eigenvalue weighted by Gasteiger charge is -2.24. The van der Waals surface area contributed by atoms with Gasteiger partial charge in [0.25, 0.3) is 5.56 Å². The number of ether oxygens (including phenoxy) is 2. The van der Waals surface area contributed by atoms with Gasteiger partial charge < -0.3 is 20.1 Å². The van der Waals surface area contributed by atoms with E-state index in [0.29, 0.717) is 17.9 Å². The van der Waals surface area contributed by atoms with E-state index >= 15 is 0 Å². The molecule has 3 N–H and O–H groups in total. The number of nitrogens with one attached hydrogen (secondary N) is 3. The summed E-state index contributed by atoms with van der Waals surface area (Å²) in [4.78, 5) is 38.4. The molecular weight excluding hydrogens is 524 g/mol. The van der Waals surface area contributed by atoms with Gasteiger partial charge in [-0.3, -0.25) is 14.0 Å². The maximum Gasteiger partial charge on any atom is 0.326 e. The Hall–Kier alpha value is -3.90. The first-order chi connectivity index (χ1) is 18.4. The molecule has 3 aromatic rings. The molecule has 0 unspecified atom stereocenters. The Kier molecular flexibility index (Phi) is 9.71. The number of carbonyl (C=O) groups is 2. The average Bonchev–Trinajstić information content (AvgIpc) is 2.88. The van der Waals surface area contributed by atoms with Crippen LogP contribution in [0.1, 0.15) is 40.5 Å². The summed E-state index contributed by atoms with van der Waals surface area (Å²) in [5.41, 5.74) is -0.796. The number of anilines is 1. The molecule has 1 atom stereocenters. The molecule has 12 heteroatoms. The lowest BCUT2D eigenvalue weighted by molar-refractivity contribution is -0.156. The number of urea groups is 1.